The van der Waals surface area contributed by atoms with E-state index < -0.39 is 24.0 Å². The standard InChI is InChI=1S/C20H26F3NO4/c1-18(2,3)28-17(25)24-14-6-7-15(24)11-19(26,10-14)13-4-8-16(9-5-13)27-12-20(21,22)23/h4-5,8-9,14-15,26H,6-7,10-12H2,1-3H3. The highest BCUT2D eigenvalue weighted by atomic mass is 19.4. The zero-order valence-corrected chi connectivity index (χ0v) is 16.3. The van der Waals surface area contributed by atoms with Crippen LogP contribution in [0.2, 0.25) is 0 Å². The number of fused-ring (bicyclic) bond motifs is 2. The molecule has 28 heavy (non-hydrogen) atoms. The summed E-state index contributed by atoms with van der Waals surface area (Å²) in [6.45, 7) is 4.09. The van der Waals surface area contributed by atoms with E-state index in [2.05, 4.69) is 0 Å². The van der Waals surface area contributed by atoms with E-state index in [1.54, 1.807) is 17.0 Å². The Hall–Kier alpha value is -1.96. The molecule has 2 saturated heterocycles. The average Bonchev–Trinajstić information content (AvgIpc) is 2.84. The van der Waals surface area contributed by atoms with Crippen molar-refractivity contribution in [3.05, 3.63) is 29.8 Å². The normalized spacial score (nSPS) is 27.6. The van der Waals surface area contributed by atoms with Crippen molar-refractivity contribution in [3.63, 3.8) is 0 Å². The minimum atomic E-state index is -4.40. The minimum absolute atomic E-state index is 0.0961. The van der Waals surface area contributed by atoms with Gasteiger partial charge in [0.2, 0.25) is 0 Å². The molecule has 0 aliphatic carbocycles. The van der Waals surface area contributed by atoms with Crippen molar-refractivity contribution in [2.75, 3.05) is 6.61 Å². The summed E-state index contributed by atoms with van der Waals surface area (Å²) in [5, 5.41) is 11.2. The number of nitrogens with zero attached hydrogens (tertiary/aromatic N) is 1. The maximum Gasteiger partial charge on any atom is 0.422 e. The Morgan fingerprint density at radius 1 is 1.14 bits per heavy atom. The summed E-state index contributed by atoms with van der Waals surface area (Å²) in [7, 11) is 0. The van der Waals surface area contributed by atoms with E-state index in [9.17, 15) is 23.1 Å². The summed E-state index contributed by atoms with van der Waals surface area (Å²) >= 11 is 0. The molecule has 2 bridgehead atoms. The summed E-state index contributed by atoms with van der Waals surface area (Å²) < 4.78 is 47.0. The maximum atomic E-state index is 12.5. The second kappa shape index (κ2) is 7.13. The molecule has 2 aliphatic heterocycles. The first-order chi connectivity index (χ1) is 12.9. The van der Waals surface area contributed by atoms with Gasteiger partial charge in [-0.25, -0.2) is 4.79 Å². The molecular formula is C20H26F3NO4. The van der Waals surface area contributed by atoms with Crippen LogP contribution in [0.1, 0.15) is 52.0 Å². The summed E-state index contributed by atoms with van der Waals surface area (Å²) in [6, 6.07) is 5.80. The molecule has 2 heterocycles. The lowest BCUT2D eigenvalue weighted by atomic mass is 9.80. The number of alkyl halides is 3. The molecule has 1 aromatic rings. The number of halogens is 3. The SMILES string of the molecule is CC(C)(C)OC(=O)N1C2CCC1CC(O)(c1ccc(OCC(F)(F)F)cc1)C2. The Balaban J connectivity index is 1.69. The van der Waals surface area contributed by atoms with Gasteiger partial charge in [0.25, 0.3) is 0 Å². The number of carbonyl (C=O) groups excluding carboxylic acids is 1. The number of carbonyl (C=O) groups is 1. The van der Waals surface area contributed by atoms with E-state index in [-0.39, 0.29) is 23.9 Å². The monoisotopic (exact) mass is 401 g/mol. The van der Waals surface area contributed by atoms with Crippen LogP contribution >= 0.6 is 0 Å². The van der Waals surface area contributed by atoms with Gasteiger partial charge in [0.15, 0.2) is 6.61 Å². The van der Waals surface area contributed by atoms with E-state index in [0.717, 1.165) is 12.8 Å². The van der Waals surface area contributed by atoms with Crippen LogP contribution < -0.4 is 4.74 Å². The summed E-state index contributed by atoms with van der Waals surface area (Å²) in [5.41, 5.74) is -1.10. The van der Waals surface area contributed by atoms with Crippen molar-refractivity contribution in [1.29, 1.82) is 0 Å². The summed E-state index contributed by atoms with van der Waals surface area (Å²) in [5.74, 6) is 0.0961. The predicted molar refractivity (Wildman–Crippen MR) is 96.0 cm³/mol. The molecule has 0 radical (unpaired) electrons. The average molecular weight is 401 g/mol. The first kappa shape index (κ1) is 20.8. The van der Waals surface area contributed by atoms with E-state index >= 15 is 0 Å². The lowest BCUT2D eigenvalue weighted by molar-refractivity contribution is -0.153. The van der Waals surface area contributed by atoms with Gasteiger partial charge in [-0.3, -0.25) is 0 Å². The molecule has 2 fully saturated rings. The highest BCUT2D eigenvalue weighted by Crippen LogP contribution is 2.46. The van der Waals surface area contributed by atoms with Gasteiger partial charge in [0.05, 0.1) is 5.60 Å². The molecule has 156 valence electrons. The predicted octanol–water partition coefficient (Wildman–Crippen LogP) is 4.38. The molecule has 0 aromatic heterocycles. The number of ether oxygens (including phenoxy) is 2. The van der Waals surface area contributed by atoms with Crippen LogP contribution in [0.4, 0.5) is 18.0 Å². The van der Waals surface area contributed by atoms with Crippen LogP contribution in [0.5, 0.6) is 5.75 Å². The van der Waals surface area contributed by atoms with Gasteiger partial charge >= 0.3 is 12.3 Å². The number of amides is 1. The highest BCUT2D eigenvalue weighted by molar-refractivity contribution is 5.69. The van der Waals surface area contributed by atoms with Crippen LogP contribution in [-0.2, 0) is 10.3 Å². The number of aliphatic hydroxyl groups is 1. The molecule has 0 saturated carbocycles. The van der Waals surface area contributed by atoms with Crippen LogP contribution in [0, 0.1) is 0 Å². The molecular weight excluding hydrogens is 375 g/mol. The summed E-state index contributed by atoms with van der Waals surface area (Å²) in [4.78, 5) is 14.3. The third kappa shape index (κ3) is 4.71. The largest absolute Gasteiger partial charge is 0.484 e. The zero-order chi connectivity index (χ0) is 20.7. The van der Waals surface area contributed by atoms with Gasteiger partial charge in [0, 0.05) is 24.9 Å². The van der Waals surface area contributed by atoms with Crippen LogP contribution in [0.25, 0.3) is 0 Å². The third-order valence-corrected chi connectivity index (χ3v) is 5.16. The van der Waals surface area contributed by atoms with Gasteiger partial charge in [0.1, 0.15) is 11.4 Å². The number of benzene rings is 1. The van der Waals surface area contributed by atoms with Crippen molar-refractivity contribution in [2.45, 2.75) is 75.9 Å². The fourth-order valence-electron chi connectivity index (χ4n) is 4.10. The second-order valence-corrected chi connectivity index (χ2v) is 8.64. The molecule has 8 heteroatoms. The fourth-order valence-corrected chi connectivity index (χ4v) is 4.10. The van der Waals surface area contributed by atoms with Crippen LogP contribution in [0.3, 0.4) is 0 Å². The lowest BCUT2D eigenvalue weighted by Crippen LogP contribution is -2.53. The molecule has 1 N–H and O–H groups in total. The first-order valence-corrected chi connectivity index (χ1v) is 9.40. The molecule has 1 amide bonds. The molecule has 0 spiro atoms. The van der Waals surface area contributed by atoms with Crippen molar-refractivity contribution in [1.82, 2.24) is 4.90 Å². The Kier molecular flexibility index (Phi) is 5.29. The van der Waals surface area contributed by atoms with Gasteiger partial charge < -0.3 is 19.5 Å². The number of hydrogen-bond acceptors (Lipinski definition) is 4. The second-order valence-electron chi connectivity index (χ2n) is 8.64. The number of rotatable bonds is 3. The zero-order valence-electron chi connectivity index (χ0n) is 16.3. The van der Waals surface area contributed by atoms with Crippen molar-refractivity contribution < 1.29 is 32.5 Å². The lowest BCUT2D eigenvalue weighted by Gasteiger charge is -2.44. The van der Waals surface area contributed by atoms with Gasteiger partial charge in [-0.15, -0.1) is 0 Å². The molecule has 2 atom stereocenters. The molecule has 5 nitrogen and oxygen atoms in total. The Labute approximate surface area is 162 Å². The fraction of sp³-hybridized carbons (Fsp3) is 0.650. The Morgan fingerprint density at radius 2 is 1.68 bits per heavy atom. The topological polar surface area (TPSA) is 59.0 Å². The Morgan fingerprint density at radius 3 is 2.14 bits per heavy atom. The van der Waals surface area contributed by atoms with E-state index in [1.165, 1.54) is 12.1 Å². The van der Waals surface area contributed by atoms with E-state index in [4.69, 9.17) is 9.47 Å². The maximum absolute atomic E-state index is 12.5. The van der Waals surface area contributed by atoms with Crippen LogP contribution in [0.15, 0.2) is 24.3 Å². The van der Waals surface area contributed by atoms with Gasteiger partial charge in [-0.2, -0.15) is 13.2 Å². The summed E-state index contributed by atoms with van der Waals surface area (Å²) in [6.07, 6.45) is -2.45. The van der Waals surface area contributed by atoms with E-state index in [0.29, 0.717) is 18.4 Å². The smallest absolute Gasteiger partial charge is 0.422 e. The van der Waals surface area contributed by atoms with Crippen molar-refractivity contribution in [3.8, 4) is 5.75 Å². The minimum Gasteiger partial charge on any atom is -0.484 e. The van der Waals surface area contributed by atoms with Gasteiger partial charge in [-0.05, 0) is 51.3 Å². The molecule has 2 aliphatic rings. The number of piperidine rings is 1. The molecule has 3 rings (SSSR count). The Bertz CT molecular complexity index is 698. The van der Waals surface area contributed by atoms with E-state index in [1.807, 2.05) is 20.8 Å². The van der Waals surface area contributed by atoms with Crippen LogP contribution in [-0.4, -0.2) is 46.6 Å². The highest BCUT2D eigenvalue weighted by Gasteiger charge is 2.51. The quantitative estimate of drug-likeness (QED) is 0.817. The number of hydrogen-bond donors (Lipinski definition) is 1. The first-order valence-electron chi connectivity index (χ1n) is 9.40. The van der Waals surface area contributed by atoms with Crippen molar-refractivity contribution in [2.24, 2.45) is 0 Å². The third-order valence-electron chi connectivity index (χ3n) is 5.16. The molecule has 2 unspecified atom stereocenters. The van der Waals surface area contributed by atoms with Gasteiger partial charge in [-0.1, -0.05) is 12.1 Å². The van der Waals surface area contributed by atoms with Crippen molar-refractivity contribution >= 4 is 6.09 Å². The molecule has 1 aromatic carbocycles.